The molecular formula is C8H13N3O2. The summed E-state index contributed by atoms with van der Waals surface area (Å²) in [5.74, 6) is 1.31. The molecule has 0 radical (unpaired) electrons. The lowest BCUT2D eigenvalue weighted by Crippen LogP contribution is -2.48. The molecule has 0 aromatic carbocycles. The average molecular weight is 183 g/mol. The number of rotatable bonds is 4. The van der Waals surface area contributed by atoms with Gasteiger partial charge >= 0.3 is 0 Å². The van der Waals surface area contributed by atoms with E-state index in [2.05, 4.69) is 15.5 Å². The number of aromatic nitrogens is 2. The van der Waals surface area contributed by atoms with Gasteiger partial charge < -0.3 is 14.6 Å². The summed E-state index contributed by atoms with van der Waals surface area (Å²) >= 11 is 0. The Hall–Kier alpha value is -0.940. The molecule has 0 aliphatic carbocycles. The van der Waals surface area contributed by atoms with Crippen LogP contribution in [0.3, 0.4) is 0 Å². The van der Waals surface area contributed by atoms with Crippen LogP contribution in [0, 0.1) is 0 Å². The maximum atomic E-state index is 5.46. The minimum absolute atomic E-state index is 0.317. The molecule has 0 atom stereocenters. The molecule has 1 saturated heterocycles. The van der Waals surface area contributed by atoms with Crippen molar-refractivity contribution in [1.29, 1.82) is 0 Å². The van der Waals surface area contributed by atoms with Gasteiger partial charge in [0, 0.05) is 19.5 Å². The lowest BCUT2D eigenvalue weighted by molar-refractivity contribution is -0.00397. The Morgan fingerprint density at radius 2 is 2.46 bits per heavy atom. The molecule has 5 nitrogen and oxygen atoms in total. The van der Waals surface area contributed by atoms with Crippen molar-refractivity contribution in [3.63, 3.8) is 0 Å². The van der Waals surface area contributed by atoms with Crippen molar-refractivity contribution >= 4 is 0 Å². The van der Waals surface area contributed by atoms with Crippen molar-refractivity contribution in [3.05, 3.63) is 11.7 Å². The zero-order valence-corrected chi connectivity index (χ0v) is 7.62. The Kier molecular flexibility index (Phi) is 2.56. The van der Waals surface area contributed by atoms with Gasteiger partial charge in [0.25, 0.3) is 5.89 Å². The lowest BCUT2D eigenvalue weighted by Gasteiger charge is -2.26. The molecule has 0 bridgehead atoms. The second kappa shape index (κ2) is 3.85. The van der Waals surface area contributed by atoms with Crippen molar-refractivity contribution in [2.24, 2.45) is 0 Å². The third kappa shape index (κ3) is 2.05. The van der Waals surface area contributed by atoms with E-state index in [-0.39, 0.29) is 0 Å². The average Bonchev–Trinajstić information content (AvgIpc) is 2.49. The molecule has 0 unspecified atom stereocenters. The van der Waals surface area contributed by atoms with E-state index in [0.717, 1.165) is 25.3 Å². The minimum atomic E-state index is 0.317. The van der Waals surface area contributed by atoms with E-state index in [1.165, 1.54) is 0 Å². The molecule has 2 heterocycles. The zero-order valence-electron chi connectivity index (χ0n) is 7.62. The van der Waals surface area contributed by atoms with Crippen LogP contribution in [0.25, 0.3) is 0 Å². The van der Waals surface area contributed by atoms with Gasteiger partial charge in [-0.2, -0.15) is 4.98 Å². The van der Waals surface area contributed by atoms with Gasteiger partial charge in [0.15, 0.2) is 5.82 Å². The molecule has 0 spiro atoms. The third-order valence-corrected chi connectivity index (χ3v) is 2.01. The van der Waals surface area contributed by atoms with Crippen molar-refractivity contribution in [3.8, 4) is 0 Å². The van der Waals surface area contributed by atoms with Crippen LogP contribution >= 0.6 is 0 Å². The highest BCUT2D eigenvalue weighted by Crippen LogP contribution is 2.04. The monoisotopic (exact) mass is 183 g/mol. The summed E-state index contributed by atoms with van der Waals surface area (Å²) < 4.78 is 10.4. The molecule has 1 aliphatic heterocycles. The maximum absolute atomic E-state index is 5.46. The normalized spacial score (nSPS) is 17.3. The molecule has 0 amide bonds. The number of hydrogen-bond donors (Lipinski definition) is 1. The summed E-state index contributed by atoms with van der Waals surface area (Å²) in [5.41, 5.74) is 0. The van der Waals surface area contributed by atoms with Crippen molar-refractivity contribution < 1.29 is 9.26 Å². The van der Waals surface area contributed by atoms with E-state index >= 15 is 0 Å². The number of ether oxygens (including phenoxy) is 1. The quantitative estimate of drug-likeness (QED) is 0.718. The van der Waals surface area contributed by atoms with Gasteiger partial charge in [-0.3, -0.25) is 0 Å². The molecule has 1 aromatic rings. The van der Waals surface area contributed by atoms with Gasteiger partial charge in [0.1, 0.15) is 6.61 Å². The molecule has 1 fully saturated rings. The smallest absolute Gasteiger partial charge is 0.252 e. The van der Waals surface area contributed by atoms with Gasteiger partial charge in [0.05, 0.1) is 6.10 Å². The predicted molar refractivity (Wildman–Crippen MR) is 45.1 cm³/mol. The summed E-state index contributed by atoms with van der Waals surface area (Å²) in [6, 6.07) is 0. The molecule has 5 heteroatoms. The predicted octanol–water partition coefficient (Wildman–Crippen LogP) is 0.120. The fourth-order valence-corrected chi connectivity index (χ4v) is 1.06. The summed E-state index contributed by atoms with van der Waals surface area (Å²) in [7, 11) is 0. The molecule has 2 rings (SSSR count). The standard InChI is InChI=1S/C8H13N3O2/c1-2-7-10-8(13-11-7)5-12-6-3-9-4-6/h6,9H,2-5H2,1H3. The molecular weight excluding hydrogens is 170 g/mol. The topological polar surface area (TPSA) is 60.2 Å². The van der Waals surface area contributed by atoms with Crippen LogP contribution < -0.4 is 5.32 Å². The number of nitrogens with zero attached hydrogens (tertiary/aromatic N) is 2. The largest absolute Gasteiger partial charge is 0.366 e. The van der Waals surface area contributed by atoms with E-state index < -0.39 is 0 Å². The third-order valence-electron chi connectivity index (χ3n) is 2.01. The van der Waals surface area contributed by atoms with Crippen LogP contribution in [-0.2, 0) is 17.8 Å². The highest BCUT2D eigenvalue weighted by atomic mass is 16.5. The molecule has 0 saturated carbocycles. The number of aryl methyl sites for hydroxylation is 1. The Morgan fingerprint density at radius 1 is 1.62 bits per heavy atom. The van der Waals surface area contributed by atoms with Gasteiger partial charge in [-0.25, -0.2) is 0 Å². The first-order valence-corrected chi connectivity index (χ1v) is 4.52. The number of nitrogens with one attached hydrogen (secondary N) is 1. The first kappa shape index (κ1) is 8.65. The Balaban J connectivity index is 1.79. The Labute approximate surface area is 76.5 Å². The van der Waals surface area contributed by atoms with Crippen LogP contribution in [0.4, 0.5) is 0 Å². The summed E-state index contributed by atoms with van der Waals surface area (Å²) in [6.07, 6.45) is 1.12. The first-order chi connectivity index (χ1) is 6.38. The summed E-state index contributed by atoms with van der Waals surface area (Å²) in [4.78, 5) is 4.14. The van der Waals surface area contributed by atoms with E-state index in [9.17, 15) is 0 Å². The van der Waals surface area contributed by atoms with Crippen molar-refractivity contribution in [1.82, 2.24) is 15.5 Å². The maximum Gasteiger partial charge on any atom is 0.252 e. The Morgan fingerprint density at radius 3 is 3.00 bits per heavy atom. The van der Waals surface area contributed by atoms with Gasteiger partial charge in [-0.05, 0) is 0 Å². The van der Waals surface area contributed by atoms with Gasteiger partial charge in [-0.15, -0.1) is 0 Å². The molecule has 1 N–H and O–H groups in total. The highest BCUT2D eigenvalue weighted by molar-refractivity contribution is 4.84. The summed E-state index contributed by atoms with van der Waals surface area (Å²) in [6.45, 7) is 4.27. The summed E-state index contributed by atoms with van der Waals surface area (Å²) in [5, 5.41) is 6.90. The molecule has 72 valence electrons. The second-order valence-electron chi connectivity index (χ2n) is 3.05. The van der Waals surface area contributed by atoms with Crippen molar-refractivity contribution in [2.45, 2.75) is 26.1 Å². The van der Waals surface area contributed by atoms with E-state index in [1.54, 1.807) is 0 Å². The molecule has 1 aromatic heterocycles. The van der Waals surface area contributed by atoms with E-state index in [4.69, 9.17) is 9.26 Å². The second-order valence-corrected chi connectivity index (χ2v) is 3.05. The van der Waals surface area contributed by atoms with Crippen LogP contribution in [0.2, 0.25) is 0 Å². The molecule has 13 heavy (non-hydrogen) atoms. The van der Waals surface area contributed by atoms with E-state index in [0.29, 0.717) is 18.6 Å². The van der Waals surface area contributed by atoms with Gasteiger partial charge in [-0.1, -0.05) is 12.1 Å². The SMILES string of the molecule is CCc1noc(COC2CNC2)n1. The number of hydrogen-bond acceptors (Lipinski definition) is 5. The highest BCUT2D eigenvalue weighted by Gasteiger charge is 2.18. The zero-order chi connectivity index (χ0) is 9.10. The minimum Gasteiger partial charge on any atom is -0.366 e. The Bertz CT molecular complexity index is 270. The van der Waals surface area contributed by atoms with Crippen molar-refractivity contribution in [2.75, 3.05) is 13.1 Å². The van der Waals surface area contributed by atoms with Crippen LogP contribution in [-0.4, -0.2) is 29.3 Å². The van der Waals surface area contributed by atoms with E-state index in [1.807, 2.05) is 6.92 Å². The fourth-order valence-electron chi connectivity index (χ4n) is 1.06. The van der Waals surface area contributed by atoms with Crippen LogP contribution in [0.1, 0.15) is 18.6 Å². The van der Waals surface area contributed by atoms with Crippen LogP contribution in [0.15, 0.2) is 4.52 Å². The van der Waals surface area contributed by atoms with Gasteiger partial charge in [0.2, 0.25) is 0 Å². The first-order valence-electron chi connectivity index (χ1n) is 4.52. The van der Waals surface area contributed by atoms with Crippen LogP contribution in [0.5, 0.6) is 0 Å². The fraction of sp³-hybridized carbons (Fsp3) is 0.750. The lowest BCUT2D eigenvalue weighted by atomic mass is 10.2. The molecule has 1 aliphatic rings.